The van der Waals surface area contributed by atoms with Gasteiger partial charge in [-0.05, 0) is 58.4 Å². The molecule has 2 heterocycles. The maximum Gasteiger partial charge on any atom is 0.410 e. The second-order valence-corrected chi connectivity index (χ2v) is 9.59. The summed E-state index contributed by atoms with van der Waals surface area (Å²) in [6.45, 7) is 12.1. The van der Waals surface area contributed by atoms with E-state index in [1.807, 2.05) is 25.7 Å². The molecule has 0 radical (unpaired) electrons. The highest BCUT2D eigenvalue weighted by Crippen LogP contribution is 2.59. The number of benzene rings is 1. The van der Waals surface area contributed by atoms with Crippen LogP contribution in [0, 0.1) is 12.8 Å². The van der Waals surface area contributed by atoms with Gasteiger partial charge in [-0.15, -0.1) is 0 Å². The summed E-state index contributed by atoms with van der Waals surface area (Å²) in [6.07, 6.45) is 3.37. The number of ether oxygens (including phenoxy) is 1. The molecule has 3 aliphatic rings. The molecule has 1 amide bonds. The van der Waals surface area contributed by atoms with E-state index in [9.17, 15) is 4.79 Å². The zero-order valence-electron chi connectivity index (χ0n) is 16.6. The van der Waals surface area contributed by atoms with Crippen LogP contribution in [0.15, 0.2) is 24.3 Å². The number of rotatable bonds is 3. The third-order valence-electron chi connectivity index (χ3n) is 6.32. The van der Waals surface area contributed by atoms with Gasteiger partial charge in [0.2, 0.25) is 0 Å². The molecule has 1 saturated carbocycles. The topological polar surface area (TPSA) is 32.8 Å². The molecule has 0 bridgehead atoms. The van der Waals surface area contributed by atoms with Crippen molar-refractivity contribution < 1.29 is 9.53 Å². The van der Waals surface area contributed by atoms with Gasteiger partial charge in [-0.3, -0.25) is 0 Å². The van der Waals surface area contributed by atoms with Gasteiger partial charge in [0.15, 0.2) is 0 Å². The number of nitrogens with zero attached hydrogens (tertiary/aromatic N) is 2. The largest absolute Gasteiger partial charge is 0.444 e. The van der Waals surface area contributed by atoms with Crippen LogP contribution in [-0.4, -0.2) is 53.7 Å². The molecular formula is C22H32N2O2. The number of amides is 1. The predicted molar refractivity (Wildman–Crippen MR) is 103 cm³/mol. The van der Waals surface area contributed by atoms with E-state index < -0.39 is 5.60 Å². The van der Waals surface area contributed by atoms with Crippen LogP contribution < -0.4 is 0 Å². The molecule has 1 aromatic carbocycles. The van der Waals surface area contributed by atoms with Crippen LogP contribution in [0.5, 0.6) is 0 Å². The first-order valence-electron chi connectivity index (χ1n) is 10.1. The van der Waals surface area contributed by atoms with Crippen LogP contribution in [-0.2, 0) is 10.2 Å². The third-order valence-corrected chi connectivity index (χ3v) is 6.32. The molecule has 0 N–H and O–H groups in total. The van der Waals surface area contributed by atoms with E-state index in [0.29, 0.717) is 11.5 Å². The molecule has 1 aliphatic carbocycles. The van der Waals surface area contributed by atoms with Crippen molar-refractivity contribution in [3.05, 3.63) is 35.4 Å². The monoisotopic (exact) mass is 356 g/mol. The van der Waals surface area contributed by atoms with E-state index in [1.165, 1.54) is 24.1 Å². The minimum Gasteiger partial charge on any atom is -0.444 e. The number of fused-ring (bicyclic) bond motifs is 1. The van der Waals surface area contributed by atoms with E-state index in [4.69, 9.17) is 4.74 Å². The molecule has 26 heavy (non-hydrogen) atoms. The number of carbonyl (C=O) groups is 1. The van der Waals surface area contributed by atoms with Gasteiger partial charge < -0.3 is 14.5 Å². The number of hydrogen-bond acceptors (Lipinski definition) is 3. The Morgan fingerprint density at radius 1 is 1.27 bits per heavy atom. The van der Waals surface area contributed by atoms with Crippen molar-refractivity contribution in [3.63, 3.8) is 0 Å². The normalized spacial score (nSPS) is 31.2. The van der Waals surface area contributed by atoms with Crippen molar-refractivity contribution in [1.29, 1.82) is 0 Å². The van der Waals surface area contributed by atoms with Crippen LogP contribution in [0.4, 0.5) is 4.79 Å². The van der Waals surface area contributed by atoms with Crippen LogP contribution in [0.2, 0.25) is 0 Å². The first-order valence-corrected chi connectivity index (χ1v) is 10.1. The lowest BCUT2D eigenvalue weighted by Crippen LogP contribution is -2.45. The first-order chi connectivity index (χ1) is 12.3. The number of piperidine rings is 1. The number of carbonyl (C=O) groups excluding carboxylic acids is 1. The molecule has 0 aromatic heterocycles. The minimum absolute atomic E-state index is 0.141. The summed E-state index contributed by atoms with van der Waals surface area (Å²) in [6, 6.07) is 9.42. The van der Waals surface area contributed by atoms with E-state index in [2.05, 4.69) is 36.1 Å². The molecule has 2 unspecified atom stereocenters. The fourth-order valence-corrected chi connectivity index (χ4v) is 4.94. The number of likely N-dealkylation sites (tertiary alicyclic amines) is 2. The predicted octanol–water partition coefficient (Wildman–Crippen LogP) is 3.97. The summed E-state index contributed by atoms with van der Waals surface area (Å²) < 4.78 is 5.62. The van der Waals surface area contributed by atoms with Crippen molar-refractivity contribution in [2.24, 2.45) is 5.92 Å². The van der Waals surface area contributed by atoms with Crippen LogP contribution in [0.3, 0.4) is 0 Å². The second-order valence-electron chi connectivity index (χ2n) is 9.59. The van der Waals surface area contributed by atoms with Crippen molar-refractivity contribution >= 4 is 6.09 Å². The Hall–Kier alpha value is -1.55. The molecule has 0 spiro atoms. The molecule has 3 atom stereocenters. The smallest absolute Gasteiger partial charge is 0.410 e. The number of hydrogen-bond donors (Lipinski definition) is 0. The van der Waals surface area contributed by atoms with Gasteiger partial charge in [-0.2, -0.15) is 0 Å². The quantitative estimate of drug-likeness (QED) is 0.822. The molecule has 4 nitrogen and oxygen atoms in total. The summed E-state index contributed by atoms with van der Waals surface area (Å²) in [5.41, 5.74) is 2.79. The SMILES string of the molecule is Cc1ccc(C23CC2CN(C[C@H]2CCCN2C(=O)OC(C)(C)C)C3)cc1. The Morgan fingerprint density at radius 3 is 2.69 bits per heavy atom. The van der Waals surface area contributed by atoms with Crippen molar-refractivity contribution in [3.8, 4) is 0 Å². The Bertz CT molecular complexity index is 678. The molecule has 2 aliphatic heterocycles. The zero-order chi connectivity index (χ0) is 18.5. The summed E-state index contributed by atoms with van der Waals surface area (Å²) in [4.78, 5) is 17.1. The highest BCUT2D eigenvalue weighted by Gasteiger charge is 2.60. The van der Waals surface area contributed by atoms with Crippen LogP contribution in [0.1, 0.15) is 51.2 Å². The molecule has 4 heteroatoms. The second kappa shape index (κ2) is 6.26. The van der Waals surface area contributed by atoms with Crippen LogP contribution >= 0.6 is 0 Å². The summed E-state index contributed by atoms with van der Waals surface area (Å²) in [7, 11) is 0. The van der Waals surface area contributed by atoms with Gasteiger partial charge in [-0.25, -0.2) is 4.79 Å². The average Bonchev–Trinajstić information content (AvgIpc) is 2.91. The molecule has 4 rings (SSSR count). The molecular weight excluding hydrogens is 324 g/mol. The lowest BCUT2D eigenvalue weighted by molar-refractivity contribution is 0.0199. The van der Waals surface area contributed by atoms with E-state index in [1.54, 1.807) is 0 Å². The Balaban J connectivity index is 1.38. The Kier molecular flexibility index (Phi) is 4.30. The summed E-state index contributed by atoms with van der Waals surface area (Å²) >= 11 is 0. The molecule has 142 valence electrons. The van der Waals surface area contributed by atoms with E-state index in [-0.39, 0.29) is 6.09 Å². The van der Waals surface area contributed by atoms with Gasteiger partial charge in [0, 0.05) is 37.6 Å². The number of aryl methyl sites for hydroxylation is 1. The Labute approximate surface area is 157 Å². The summed E-state index contributed by atoms with van der Waals surface area (Å²) in [5.74, 6) is 0.793. The van der Waals surface area contributed by atoms with Crippen molar-refractivity contribution in [2.45, 2.75) is 64.0 Å². The van der Waals surface area contributed by atoms with Gasteiger partial charge in [0.1, 0.15) is 5.60 Å². The van der Waals surface area contributed by atoms with E-state index in [0.717, 1.165) is 38.4 Å². The first kappa shape index (κ1) is 17.8. The lowest BCUT2D eigenvalue weighted by Gasteiger charge is -2.31. The highest BCUT2D eigenvalue weighted by molar-refractivity contribution is 5.69. The van der Waals surface area contributed by atoms with Crippen molar-refractivity contribution in [2.75, 3.05) is 26.2 Å². The molecule has 2 saturated heterocycles. The third kappa shape index (κ3) is 3.36. The Morgan fingerprint density at radius 2 is 2.00 bits per heavy atom. The van der Waals surface area contributed by atoms with Crippen LogP contribution in [0.25, 0.3) is 0 Å². The van der Waals surface area contributed by atoms with E-state index >= 15 is 0 Å². The van der Waals surface area contributed by atoms with Gasteiger partial charge >= 0.3 is 6.09 Å². The fourth-order valence-electron chi connectivity index (χ4n) is 4.94. The summed E-state index contributed by atoms with van der Waals surface area (Å²) in [5, 5.41) is 0. The molecule has 1 aromatic rings. The lowest BCUT2D eigenvalue weighted by atomic mass is 9.94. The maximum absolute atomic E-state index is 12.5. The highest BCUT2D eigenvalue weighted by atomic mass is 16.6. The van der Waals surface area contributed by atoms with Gasteiger partial charge in [-0.1, -0.05) is 29.8 Å². The van der Waals surface area contributed by atoms with Gasteiger partial charge in [0.25, 0.3) is 0 Å². The zero-order valence-corrected chi connectivity index (χ0v) is 16.6. The maximum atomic E-state index is 12.5. The average molecular weight is 357 g/mol. The van der Waals surface area contributed by atoms with Gasteiger partial charge in [0.05, 0.1) is 0 Å². The fraction of sp³-hybridized carbons (Fsp3) is 0.682. The molecule has 3 fully saturated rings. The standard InChI is InChI=1S/C22H32N2O2/c1-16-7-9-17(10-8-16)22-12-18(22)13-23(15-22)14-19-6-5-11-24(19)20(25)26-21(2,3)4/h7-10,18-19H,5-6,11-15H2,1-4H3/t18?,19-,22?/m1/s1. The minimum atomic E-state index is -0.422. The van der Waals surface area contributed by atoms with Crippen molar-refractivity contribution in [1.82, 2.24) is 9.80 Å².